The van der Waals surface area contributed by atoms with Crippen molar-refractivity contribution >= 4 is 40.3 Å². The molecule has 0 spiro atoms. The summed E-state index contributed by atoms with van der Waals surface area (Å²) in [5.41, 5.74) is -1.32. The third-order valence-corrected chi connectivity index (χ3v) is 15.1. The van der Waals surface area contributed by atoms with Gasteiger partial charge in [0.05, 0.1) is 11.6 Å². The molecule has 5 aliphatic rings. The van der Waals surface area contributed by atoms with Crippen molar-refractivity contribution in [3.8, 4) is 12.3 Å². The molecule has 0 bridgehead atoms. The number of fused-ring (bicyclic) bond motifs is 1. The first-order valence-corrected chi connectivity index (χ1v) is 21.1. The van der Waals surface area contributed by atoms with Gasteiger partial charge in [-0.1, -0.05) is 72.1 Å². The highest BCUT2D eigenvalue weighted by molar-refractivity contribution is 7.86. The molecule has 4 saturated carbocycles. The van der Waals surface area contributed by atoms with Gasteiger partial charge in [0, 0.05) is 40.8 Å². The van der Waals surface area contributed by atoms with Crippen molar-refractivity contribution < 1.29 is 28.2 Å². The number of ketones is 1. The summed E-state index contributed by atoms with van der Waals surface area (Å²) >= 11 is 0. The topological polar surface area (TPSA) is 154 Å². The number of carbonyl (C=O) groups is 5. The first kappa shape index (κ1) is 40.2. The van der Waals surface area contributed by atoms with Crippen LogP contribution in [0.15, 0.2) is 0 Å². The summed E-state index contributed by atoms with van der Waals surface area (Å²) < 4.78 is 13.0. The number of nitrogens with one attached hydrogen (secondary N) is 4. The Bertz CT molecular complexity index is 1450. The Morgan fingerprint density at radius 3 is 2.12 bits per heavy atom. The molecule has 290 valence electrons. The molecular formula is C40H63N5O6S. The van der Waals surface area contributed by atoms with Crippen molar-refractivity contribution in [2.75, 3.05) is 18.8 Å². The van der Waals surface area contributed by atoms with Gasteiger partial charge in [0.15, 0.2) is 0 Å². The SMILES string of the molecule is C#CCCNC(=O)C(=O)C(CC1CC1)NC(=O)[C@@H]1[C@@H]2[C@H](CN1C(=O)[C@@H](NC(=O)NC1(CS(=O)C(C)(C)C)CCCCC1)C1(C)CCCCC1)C2(C)C. The summed E-state index contributed by atoms with van der Waals surface area (Å²) in [6, 6.07) is -3.13. The Kier molecular flexibility index (Phi) is 12.2. The monoisotopic (exact) mass is 741 g/mol. The van der Waals surface area contributed by atoms with E-state index in [1.807, 2.05) is 20.8 Å². The molecule has 0 aromatic heterocycles. The van der Waals surface area contributed by atoms with Gasteiger partial charge in [-0.25, -0.2) is 4.79 Å². The fraction of sp³-hybridized carbons (Fsp3) is 0.825. The van der Waals surface area contributed by atoms with Crippen LogP contribution in [-0.4, -0.2) is 85.9 Å². The maximum Gasteiger partial charge on any atom is 0.315 e. The molecule has 5 amide bonds. The van der Waals surface area contributed by atoms with Crippen LogP contribution in [0.5, 0.6) is 0 Å². The highest BCUT2D eigenvalue weighted by Crippen LogP contribution is 2.65. The predicted octanol–water partition coefficient (Wildman–Crippen LogP) is 4.35. The quantitative estimate of drug-likeness (QED) is 0.118. The van der Waals surface area contributed by atoms with Gasteiger partial charge in [-0.05, 0) is 81.5 Å². The molecule has 1 aliphatic heterocycles. The first-order chi connectivity index (χ1) is 24.4. The van der Waals surface area contributed by atoms with Gasteiger partial charge in [0.1, 0.15) is 12.1 Å². The number of carbonyl (C=O) groups excluding carboxylic acids is 5. The van der Waals surface area contributed by atoms with Crippen molar-refractivity contribution in [3.63, 3.8) is 0 Å². The van der Waals surface area contributed by atoms with Gasteiger partial charge in [0.2, 0.25) is 17.6 Å². The highest BCUT2D eigenvalue weighted by Gasteiger charge is 2.70. The van der Waals surface area contributed by atoms with Gasteiger partial charge in [0.25, 0.3) is 5.91 Å². The molecule has 5 fully saturated rings. The smallest absolute Gasteiger partial charge is 0.315 e. The molecule has 12 heteroatoms. The van der Waals surface area contributed by atoms with E-state index in [9.17, 15) is 28.2 Å². The van der Waals surface area contributed by atoms with E-state index in [2.05, 4.69) is 48.0 Å². The third kappa shape index (κ3) is 9.05. The van der Waals surface area contributed by atoms with Crippen molar-refractivity contribution in [1.29, 1.82) is 0 Å². The van der Waals surface area contributed by atoms with E-state index >= 15 is 0 Å². The van der Waals surface area contributed by atoms with Crippen LogP contribution in [0.25, 0.3) is 0 Å². The lowest BCUT2D eigenvalue weighted by Crippen LogP contribution is -2.64. The second kappa shape index (κ2) is 15.8. The van der Waals surface area contributed by atoms with Gasteiger partial charge in [-0.3, -0.25) is 23.4 Å². The van der Waals surface area contributed by atoms with E-state index in [0.29, 0.717) is 25.1 Å². The molecule has 4 N–H and O–H groups in total. The molecule has 0 radical (unpaired) electrons. The molecule has 1 saturated heterocycles. The van der Waals surface area contributed by atoms with E-state index in [1.54, 1.807) is 4.90 Å². The zero-order valence-electron chi connectivity index (χ0n) is 32.4. The maximum absolute atomic E-state index is 14.9. The van der Waals surface area contributed by atoms with Crippen LogP contribution in [0.2, 0.25) is 0 Å². The number of piperidine rings is 1. The molecule has 1 heterocycles. The number of nitrogens with zero attached hydrogens (tertiary/aromatic N) is 1. The Morgan fingerprint density at radius 2 is 1.54 bits per heavy atom. The third-order valence-electron chi connectivity index (χ3n) is 12.9. The average molecular weight is 742 g/mol. The van der Waals surface area contributed by atoms with Crippen molar-refractivity contribution in [2.24, 2.45) is 28.6 Å². The van der Waals surface area contributed by atoms with E-state index in [4.69, 9.17) is 6.42 Å². The lowest BCUT2D eigenvalue weighted by atomic mass is 9.70. The molecule has 2 unspecified atom stereocenters. The average Bonchev–Trinajstić information content (AvgIpc) is 3.94. The molecule has 11 nitrogen and oxygen atoms in total. The number of amides is 5. The lowest BCUT2D eigenvalue weighted by Gasteiger charge is -2.44. The lowest BCUT2D eigenvalue weighted by molar-refractivity contribution is -0.146. The Hall–Kier alpha value is -2.94. The standard InChI is InChI=1S/C40H63N5O6S/c1-8-9-22-41-34(48)31(46)28(23-26-16-17-26)42-33(47)30-29-27(38(29,5)6)24-45(30)35(49)32(39(7)18-12-10-13-19-39)43-36(50)44-40(20-14-11-15-21-40)25-52(51)37(2,3)4/h1,26-30,32H,9-25H2,2-7H3,(H,41,48)(H,42,47)(H2,43,44,50)/t27-,28?,29-,30-,32+,52?/m0/s1. The number of hydrogen-bond donors (Lipinski definition) is 4. The van der Waals surface area contributed by atoms with Crippen LogP contribution in [0, 0.1) is 40.9 Å². The minimum atomic E-state index is -1.18. The minimum Gasteiger partial charge on any atom is -0.348 e. The van der Waals surface area contributed by atoms with Crippen LogP contribution in [0.1, 0.15) is 131 Å². The van der Waals surface area contributed by atoms with Crippen LogP contribution >= 0.6 is 0 Å². The maximum atomic E-state index is 14.9. The number of urea groups is 1. The summed E-state index contributed by atoms with van der Waals surface area (Å²) in [6.45, 7) is 12.7. The summed E-state index contributed by atoms with van der Waals surface area (Å²) in [5.74, 6) is 0.868. The largest absolute Gasteiger partial charge is 0.348 e. The molecule has 0 aromatic rings. The number of Topliss-reactive ketones (excluding diaryl/α,β-unsaturated/α-hetero) is 1. The normalized spacial score (nSPS) is 27.5. The van der Waals surface area contributed by atoms with Gasteiger partial charge >= 0.3 is 6.03 Å². The molecular weight excluding hydrogens is 679 g/mol. The summed E-state index contributed by atoms with van der Waals surface area (Å²) in [5, 5.41) is 11.9. The molecule has 4 aliphatic carbocycles. The second-order valence-corrected chi connectivity index (χ2v) is 20.6. The summed E-state index contributed by atoms with van der Waals surface area (Å²) in [7, 11) is -1.18. The van der Waals surface area contributed by atoms with Crippen LogP contribution in [0.3, 0.4) is 0 Å². The summed E-state index contributed by atoms with van der Waals surface area (Å²) in [6.07, 6.45) is 16.7. The Balaban J connectivity index is 1.38. The van der Waals surface area contributed by atoms with Crippen LogP contribution in [-0.2, 0) is 30.0 Å². The van der Waals surface area contributed by atoms with E-state index in [0.717, 1.165) is 77.0 Å². The minimum absolute atomic E-state index is 0.100. The zero-order valence-corrected chi connectivity index (χ0v) is 33.2. The van der Waals surface area contributed by atoms with Crippen molar-refractivity contribution in [3.05, 3.63) is 0 Å². The van der Waals surface area contributed by atoms with E-state index in [1.165, 1.54) is 0 Å². The fourth-order valence-corrected chi connectivity index (χ4v) is 10.5. The van der Waals surface area contributed by atoms with E-state index in [-0.39, 0.29) is 35.6 Å². The van der Waals surface area contributed by atoms with Crippen LogP contribution in [0.4, 0.5) is 4.79 Å². The molecule has 5 rings (SSSR count). The fourth-order valence-electron chi connectivity index (χ4n) is 9.24. The number of likely N-dealkylation sites (tertiary alicyclic amines) is 1. The van der Waals surface area contributed by atoms with Gasteiger partial charge in [-0.15, -0.1) is 12.3 Å². The first-order valence-electron chi connectivity index (χ1n) is 19.8. The van der Waals surface area contributed by atoms with Crippen molar-refractivity contribution in [1.82, 2.24) is 26.2 Å². The second-order valence-electron chi connectivity index (χ2n) is 18.4. The van der Waals surface area contributed by atoms with Gasteiger partial charge < -0.3 is 26.2 Å². The van der Waals surface area contributed by atoms with Gasteiger partial charge in [-0.2, -0.15) is 0 Å². The van der Waals surface area contributed by atoms with E-state index < -0.39 is 68.3 Å². The molecule has 0 aromatic carbocycles. The molecule has 6 atom stereocenters. The number of rotatable bonds is 14. The Morgan fingerprint density at radius 1 is 0.923 bits per heavy atom. The highest BCUT2D eigenvalue weighted by atomic mass is 32.2. The van der Waals surface area contributed by atoms with Crippen molar-refractivity contribution in [2.45, 2.75) is 160 Å². The Labute approximate surface area is 313 Å². The predicted molar refractivity (Wildman–Crippen MR) is 202 cm³/mol. The zero-order chi connectivity index (χ0) is 38.1. The van der Waals surface area contributed by atoms with Crippen LogP contribution < -0.4 is 21.3 Å². The molecule has 52 heavy (non-hydrogen) atoms. The number of hydrogen-bond acceptors (Lipinski definition) is 6. The summed E-state index contributed by atoms with van der Waals surface area (Å²) in [4.78, 5) is 71.1. The number of terminal acetylenes is 1.